The van der Waals surface area contributed by atoms with Gasteiger partial charge < -0.3 is 19.9 Å². The predicted octanol–water partition coefficient (Wildman–Crippen LogP) is 5.36. The Morgan fingerprint density at radius 3 is 2.28 bits per heavy atom. The van der Waals surface area contributed by atoms with Crippen LogP contribution in [0.2, 0.25) is 0 Å². The number of benzene rings is 3. The van der Waals surface area contributed by atoms with Crippen LogP contribution < -0.4 is 15.4 Å². The third-order valence-electron chi connectivity index (χ3n) is 7.81. The van der Waals surface area contributed by atoms with Gasteiger partial charge in [0.1, 0.15) is 23.3 Å². The van der Waals surface area contributed by atoms with Crippen molar-refractivity contribution in [3.8, 4) is 5.75 Å². The van der Waals surface area contributed by atoms with E-state index in [0.29, 0.717) is 28.3 Å². The Hall–Kier alpha value is -4.92. The molecule has 1 heterocycles. The van der Waals surface area contributed by atoms with Crippen LogP contribution >= 0.6 is 0 Å². The highest BCUT2D eigenvalue weighted by atomic mass is 19.1. The zero-order valence-electron chi connectivity index (χ0n) is 24.2. The highest BCUT2D eigenvalue weighted by molar-refractivity contribution is 6.14. The second-order valence-electron chi connectivity index (χ2n) is 10.2. The fourth-order valence-electron chi connectivity index (χ4n) is 5.98. The van der Waals surface area contributed by atoms with Gasteiger partial charge in [-0.25, -0.2) is 9.18 Å². The van der Waals surface area contributed by atoms with Gasteiger partial charge in [0.25, 0.3) is 0 Å². The van der Waals surface area contributed by atoms with Crippen LogP contribution in [0, 0.1) is 11.7 Å². The number of hydrogen-bond acceptors (Lipinski definition) is 8. The SMILES string of the molecule is CCOC(=O)C1=C(N)N(c2ccccc2)C2=C(C(=O)[C@H](C(=O)OCC)[C@@H](c3cccc(OC)c3)C2)[C@@H]1c1ccc(F)cc1. The van der Waals surface area contributed by atoms with Crippen molar-refractivity contribution >= 4 is 23.4 Å². The van der Waals surface area contributed by atoms with Crippen LogP contribution in [-0.4, -0.2) is 38.0 Å². The molecule has 0 saturated heterocycles. The lowest BCUT2D eigenvalue weighted by Crippen LogP contribution is -2.46. The van der Waals surface area contributed by atoms with Gasteiger partial charge >= 0.3 is 11.9 Å². The van der Waals surface area contributed by atoms with Gasteiger partial charge in [0.05, 0.1) is 31.8 Å². The Balaban J connectivity index is 1.81. The number of Topliss-reactive ketones (excluding diaryl/α,β-unsaturated/α-hetero) is 1. The Labute approximate surface area is 249 Å². The first-order valence-corrected chi connectivity index (χ1v) is 14.2. The van der Waals surface area contributed by atoms with E-state index in [1.54, 1.807) is 44.1 Å². The molecule has 0 aromatic heterocycles. The number of carbonyl (C=O) groups excluding carboxylic acids is 3. The molecular formula is C34H33FN2O6. The maximum Gasteiger partial charge on any atom is 0.338 e. The van der Waals surface area contributed by atoms with E-state index in [4.69, 9.17) is 19.9 Å². The number of nitrogens with two attached hydrogens (primary N) is 1. The molecule has 0 bridgehead atoms. The number of para-hydroxylation sites is 1. The Kier molecular flexibility index (Phi) is 8.61. The zero-order valence-corrected chi connectivity index (χ0v) is 24.2. The molecule has 3 atom stereocenters. The number of carbonyl (C=O) groups is 3. The van der Waals surface area contributed by atoms with Crippen molar-refractivity contribution in [2.45, 2.75) is 32.1 Å². The highest BCUT2D eigenvalue weighted by Gasteiger charge is 2.51. The number of esters is 2. The number of hydrogen-bond donors (Lipinski definition) is 1. The van der Waals surface area contributed by atoms with Crippen LogP contribution in [0.5, 0.6) is 5.75 Å². The molecule has 43 heavy (non-hydrogen) atoms. The maximum atomic E-state index is 14.8. The molecule has 0 unspecified atom stereocenters. The summed E-state index contributed by atoms with van der Waals surface area (Å²) in [6, 6.07) is 21.9. The number of halogens is 1. The molecule has 0 radical (unpaired) electrons. The molecule has 2 N–H and O–H groups in total. The second kappa shape index (κ2) is 12.5. The Morgan fingerprint density at radius 2 is 1.63 bits per heavy atom. The van der Waals surface area contributed by atoms with Crippen LogP contribution in [0.1, 0.15) is 43.2 Å². The summed E-state index contributed by atoms with van der Waals surface area (Å²) in [5, 5.41) is 0. The molecule has 0 spiro atoms. The van der Waals surface area contributed by atoms with Gasteiger partial charge in [-0.2, -0.15) is 0 Å². The third-order valence-corrected chi connectivity index (χ3v) is 7.81. The molecular weight excluding hydrogens is 551 g/mol. The molecule has 0 fully saturated rings. The third kappa shape index (κ3) is 5.50. The summed E-state index contributed by atoms with van der Waals surface area (Å²) in [6.07, 6.45) is 0.209. The van der Waals surface area contributed by atoms with E-state index in [-0.39, 0.29) is 36.6 Å². The minimum absolute atomic E-state index is 0.0341. The summed E-state index contributed by atoms with van der Waals surface area (Å²) in [5.74, 6) is -4.55. The number of allylic oxidation sites excluding steroid dienone is 2. The van der Waals surface area contributed by atoms with E-state index < -0.39 is 41.3 Å². The van der Waals surface area contributed by atoms with E-state index in [1.165, 1.54) is 24.3 Å². The molecule has 0 saturated carbocycles. The largest absolute Gasteiger partial charge is 0.497 e. The van der Waals surface area contributed by atoms with E-state index in [9.17, 15) is 18.8 Å². The van der Waals surface area contributed by atoms with Crippen molar-refractivity contribution in [1.82, 2.24) is 0 Å². The normalized spacial score (nSPS) is 20.0. The quantitative estimate of drug-likeness (QED) is 0.279. The van der Waals surface area contributed by atoms with Gasteiger partial charge in [0, 0.05) is 22.9 Å². The molecule has 9 heteroatoms. The van der Waals surface area contributed by atoms with Crippen LogP contribution in [-0.2, 0) is 23.9 Å². The lowest BCUT2D eigenvalue weighted by Gasteiger charge is -2.44. The molecule has 3 aromatic rings. The van der Waals surface area contributed by atoms with Gasteiger partial charge in [-0.3, -0.25) is 14.5 Å². The van der Waals surface area contributed by atoms with Crippen molar-refractivity contribution < 1.29 is 33.0 Å². The minimum atomic E-state index is -1.21. The number of anilines is 1. The molecule has 1 aliphatic carbocycles. The van der Waals surface area contributed by atoms with Gasteiger partial charge in [-0.1, -0.05) is 42.5 Å². The fraction of sp³-hybridized carbons (Fsp3) is 0.265. The molecule has 0 amide bonds. The van der Waals surface area contributed by atoms with Gasteiger partial charge in [-0.15, -0.1) is 0 Å². The highest BCUT2D eigenvalue weighted by Crippen LogP contribution is 2.51. The second-order valence-corrected chi connectivity index (χ2v) is 10.2. The van der Waals surface area contributed by atoms with E-state index in [1.807, 2.05) is 36.4 Å². The van der Waals surface area contributed by atoms with Crippen molar-refractivity contribution in [2.75, 3.05) is 25.2 Å². The number of nitrogens with zero attached hydrogens (tertiary/aromatic N) is 1. The maximum absolute atomic E-state index is 14.8. The first-order chi connectivity index (χ1) is 20.8. The summed E-state index contributed by atoms with van der Waals surface area (Å²) in [6.45, 7) is 3.50. The summed E-state index contributed by atoms with van der Waals surface area (Å²) in [5.41, 5.74) is 9.42. The van der Waals surface area contributed by atoms with Crippen molar-refractivity contribution in [3.63, 3.8) is 0 Å². The number of rotatable bonds is 8. The molecule has 5 rings (SSSR count). The van der Waals surface area contributed by atoms with Crippen molar-refractivity contribution in [2.24, 2.45) is 11.7 Å². The minimum Gasteiger partial charge on any atom is -0.497 e. The number of methoxy groups -OCH3 is 1. The van der Waals surface area contributed by atoms with Crippen molar-refractivity contribution in [3.05, 3.63) is 118 Å². The van der Waals surface area contributed by atoms with Crippen LogP contribution in [0.4, 0.5) is 10.1 Å². The van der Waals surface area contributed by atoms with Crippen molar-refractivity contribution in [1.29, 1.82) is 0 Å². The molecule has 222 valence electrons. The zero-order chi connectivity index (χ0) is 30.7. The Morgan fingerprint density at radius 1 is 0.930 bits per heavy atom. The average Bonchev–Trinajstić information content (AvgIpc) is 3.01. The van der Waals surface area contributed by atoms with E-state index >= 15 is 0 Å². The standard InChI is InChI=1S/C34H33FN2O6/c1-4-42-33(39)28-25(21-10-9-13-24(18-21)41-3)19-26-29(31(28)38)27(20-14-16-22(35)17-15-20)30(34(40)43-5-2)32(36)37(26)23-11-7-6-8-12-23/h6-18,25,27-28H,4-5,19,36H2,1-3H3/t25-,27+,28-/m1/s1. The lowest BCUT2D eigenvalue weighted by molar-refractivity contribution is -0.152. The van der Waals surface area contributed by atoms with Crippen LogP contribution in [0.25, 0.3) is 0 Å². The van der Waals surface area contributed by atoms with Gasteiger partial charge in [0.15, 0.2) is 5.78 Å². The van der Waals surface area contributed by atoms with E-state index in [2.05, 4.69) is 0 Å². The summed E-state index contributed by atoms with van der Waals surface area (Å²) in [4.78, 5) is 43.6. The first-order valence-electron chi connectivity index (χ1n) is 14.2. The lowest BCUT2D eigenvalue weighted by atomic mass is 9.67. The molecule has 3 aromatic carbocycles. The summed E-state index contributed by atoms with van der Waals surface area (Å²) in [7, 11) is 1.54. The van der Waals surface area contributed by atoms with Gasteiger partial charge in [0.2, 0.25) is 0 Å². The van der Waals surface area contributed by atoms with Crippen LogP contribution in [0.15, 0.2) is 102 Å². The van der Waals surface area contributed by atoms with E-state index in [0.717, 1.165) is 0 Å². The number of ether oxygens (including phenoxy) is 3. The smallest absolute Gasteiger partial charge is 0.338 e. The van der Waals surface area contributed by atoms with Gasteiger partial charge in [-0.05, 0) is 67.8 Å². The summed E-state index contributed by atoms with van der Waals surface area (Å²) >= 11 is 0. The monoisotopic (exact) mass is 584 g/mol. The average molecular weight is 585 g/mol. The Bertz CT molecular complexity index is 1600. The predicted molar refractivity (Wildman–Crippen MR) is 158 cm³/mol. The first kappa shape index (κ1) is 29.6. The topological polar surface area (TPSA) is 108 Å². The fourth-order valence-corrected chi connectivity index (χ4v) is 5.98. The summed E-state index contributed by atoms with van der Waals surface area (Å²) < 4.78 is 30.4. The molecule has 8 nitrogen and oxygen atoms in total. The van der Waals surface area contributed by atoms with Crippen LogP contribution in [0.3, 0.4) is 0 Å². The molecule has 2 aliphatic rings. The molecule has 1 aliphatic heterocycles. The number of ketones is 1.